The van der Waals surface area contributed by atoms with Crippen molar-refractivity contribution in [3.8, 4) is 5.75 Å². The van der Waals surface area contributed by atoms with Gasteiger partial charge in [-0.2, -0.15) is 0 Å². The lowest BCUT2D eigenvalue weighted by Gasteiger charge is -2.22. The predicted molar refractivity (Wildman–Crippen MR) is 75.4 cm³/mol. The van der Waals surface area contributed by atoms with Crippen molar-refractivity contribution in [1.29, 1.82) is 0 Å². The number of aryl methyl sites for hydroxylation is 1. The summed E-state index contributed by atoms with van der Waals surface area (Å²) in [5.41, 5.74) is 0.985. The number of hydrogen-bond acceptors (Lipinski definition) is 4. The number of aromatic nitrogens is 1. The largest absolute Gasteiger partial charge is 0.503 e. The van der Waals surface area contributed by atoms with E-state index in [9.17, 15) is 9.90 Å². The summed E-state index contributed by atoms with van der Waals surface area (Å²) in [6.07, 6.45) is 2.18. The normalized spacial score (nSPS) is 11.2. The van der Waals surface area contributed by atoms with Crippen LogP contribution in [0.25, 0.3) is 0 Å². The highest BCUT2D eigenvalue weighted by atomic mass is 16.3. The average molecular weight is 268 g/mol. The minimum absolute atomic E-state index is 0.0190. The maximum Gasteiger partial charge on any atom is 0.223 e. The summed E-state index contributed by atoms with van der Waals surface area (Å²) in [5.74, 6) is -0.206. The van der Waals surface area contributed by atoms with E-state index in [1.807, 2.05) is 14.0 Å². The van der Waals surface area contributed by atoms with Gasteiger partial charge >= 0.3 is 0 Å². The molecule has 0 unspecified atom stereocenters. The third kappa shape index (κ3) is 4.08. The van der Waals surface area contributed by atoms with Crippen LogP contribution >= 0.6 is 0 Å². The molecule has 5 nitrogen and oxygen atoms in total. The van der Waals surface area contributed by atoms with E-state index in [1.54, 1.807) is 4.57 Å². The second-order valence-corrected chi connectivity index (χ2v) is 4.91. The maximum atomic E-state index is 11.7. The first kappa shape index (κ1) is 15.7. The average Bonchev–Trinajstić information content (AvgIpc) is 2.37. The number of aliphatic hydroxyl groups is 1. The van der Waals surface area contributed by atoms with Crippen molar-refractivity contribution in [2.45, 2.75) is 39.8 Å². The Balaban J connectivity index is 3.05. The third-order valence-electron chi connectivity index (χ3n) is 3.23. The molecule has 1 aromatic rings. The van der Waals surface area contributed by atoms with Gasteiger partial charge in [-0.05, 0) is 26.9 Å². The van der Waals surface area contributed by atoms with Crippen LogP contribution in [0.1, 0.15) is 31.2 Å². The zero-order valence-electron chi connectivity index (χ0n) is 12.0. The molecule has 0 spiro atoms. The van der Waals surface area contributed by atoms with Crippen LogP contribution in [0.4, 0.5) is 0 Å². The van der Waals surface area contributed by atoms with Gasteiger partial charge in [0.2, 0.25) is 5.43 Å². The molecule has 0 saturated heterocycles. The van der Waals surface area contributed by atoms with Crippen LogP contribution in [-0.2, 0) is 13.1 Å². The summed E-state index contributed by atoms with van der Waals surface area (Å²) < 4.78 is 1.80. The van der Waals surface area contributed by atoms with Crippen LogP contribution in [0.2, 0.25) is 0 Å². The number of pyridine rings is 1. The smallest absolute Gasteiger partial charge is 0.223 e. The van der Waals surface area contributed by atoms with Gasteiger partial charge in [0.15, 0.2) is 5.75 Å². The van der Waals surface area contributed by atoms with E-state index in [2.05, 4.69) is 11.8 Å². The lowest BCUT2D eigenvalue weighted by molar-refractivity contribution is 0.260. The van der Waals surface area contributed by atoms with E-state index in [0.717, 1.165) is 25.1 Å². The van der Waals surface area contributed by atoms with Gasteiger partial charge in [-0.25, -0.2) is 0 Å². The lowest BCUT2D eigenvalue weighted by Crippen LogP contribution is -2.25. The highest BCUT2D eigenvalue weighted by Gasteiger charge is 2.14. The molecule has 1 aromatic heterocycles. The minimum atomic E-state index is -0.356. The summed E-state index contributed by atoms with van der Waals surface area (Å²) >= 11 is 0. The summed E-state index contributed by atoms with van der Waals surface area (Å²) in [6, 6.07) is 1.40. The Bertz CT molecular complexity index is 468. The Morgan fingerprint density at radius 1 is 1.42 bits per heavy atom. The van der Waals surface area contributed by atoms with Gasteiger partial charge in [-0.3, -0.25) is 4.79 Å². The van der Waals surface area contributed by atoms with Gasteiger partial charge in [0, 0.05) is 24.8 Å². The van der Waals surface area contributed by atoms with E-state index < -0.39 is 0 Å². The highest BCUT2D eigenvalue weighted by molar-refractivity contribution is 5.29. The number of rotatable bonds is 7. The van der Waals surface area contributed by atoms with Gasteiger partial charge in [-0.15, -0.1) is 0 Å². The molecule has 0 atom stereocenters. The van der Waals surface area contributed by atoms with E-state index in [4.69, 9.17) is 5.11 Å². The molecule has 5 heteroatoms. The van der Waals surface area contributed by atoms with E-state index in [-0.39, 0.29) is 17.8 Å². The Hall–Kier alpha value is -1.33. The zero-order valence-corrected chi connectivity index (χ0v) is 12.0. The number of nitrogens with zero attached hydrogens (tertiary/aromatic N) is 2. The van der Waals surface area contributed by atoms with Crippen molar-refractivity contribution in [2.75, 3.05) is 20.2 Å². The molecule has 0 radical (unpaired) electrons. The molecule has 1 rings (SSSR count). The van der Waals surface area contributed by atoms with Crippen LogP contribution in [0.15, 0.2) is 10.9 Å². The molecule has 0 aliphatic carbocycles. The van der Waals surface area contributed by atoms with Crippen LogP contribution in [0.3, 0.4) is 0 Å². The first-order valence-corrected chi connectivity index (χ1v) is 6.73. The fraction of sp³-hybridized carbons (Fsp3) is 0.643. The molecule has 0 aliphatic heterocycles. The van der Waals surface area contributed by atoms with Crippen molar-refractivity contribution in [1.82, 2.24) is 9.47 Å². The fourth-order valence-electron chi connectivity index (χ4n) is 2.15. The van der Waals surface area contributed by atoms with Gasteiger partial charge < -0.3 is 19.7 Å². The van der Waals surface area contributed by atoms with Crippen LogP contribution in [-0.4, -0.2) is 39.9 Å². The predicted octanol–water partition coefficient (Wildman–Crippen LogP) is 1.09. The molecule has 108 valence electrons. The quantitative estimate of drug-likeness (QED) is 0.777. The van der Waals surface area contributed by atoms with Crippen molar-refractivity contribution in [3.05, 3.63) is 27.7 Å². The van der Waals surface area contributed by atoms with Gasteiger partial charge in [0.05, 0.1) is 12.3 Å². The summed E-state index contributed by atoms with van der Waals surface area (Å²) in [4.78, 5) is 13.7. The third-order valence-corrected chi connectivity index (χ3v) is 3.23. The molecule has 0 aromatic carbocycles. The molecule has 1 heterocycles. The molecule has 0 aliphatic rings. The molecular weight excluding hydrogens is 244 g/mol. The van der Waals surface area contributed by atoms with E-state index >= 15 is 0 Å². The lowest BCUT2D eigenvalue weighted by atomic mass is 10.2. The Kier molecular flexibility index (Phi) is 6.05. The summed E-state index contributed by atoms with van der Waals surface area (Å²) in [7, 11) is 1.96. The maximum absolute atomic E-state index is 11.7. The molecular formula is C14H24N2O3. The molecule has 0 fully saturated rings. The van der Waals surface area contributed by atoms with Crippen LogP contribution in [0.5, 0.6) is 5.75 Å². The number of unbranched alkanes of at least 4 members (excludes halogenated alkanes) is 1. The molecule has 0 saturated carbocycles. The molecule has 0 amide bonds. The molecule has 0 bridgehead atoms. The van der Waals surface area contributed by atoms with Crippen molar-refractivity contribution >= 4 is 0 Å². The molecule has 2 N–H and O–H groups in total. The van der Waals surface area contributed by atoms with Crippen LogP contribution < -0.4 is 5.43 Å². The van der Waals surface area contributed by atoms with Crippen molar-refractivity contribution < 1.29 is 10.2 Å². The monoisotopic (exact) mass is 268 g/mol. The van der Waals surface area contributed by atoms with Crippen molar-refractivity contribution in [3.63, 3.8) is 0 Å². The highest BCUT2D eigenvalue weighted by Crippen LogP contribution is 2.16. The van der Waals surface area contributed by atoms with Gasteiger partial charge in [-0.1, -0.05) is 13.3 Å². The number of aliphatic hydroxyl groups excluding tert-OH is 1. The second kappa shape index (κ2) is 7.31. The summed E-state index contributed by atoms with van der Waals surface area (Å²) in [5, 5.41) is 19.1. The van der Waals surface area contributed by atoms with Crippen molar-refractivity contribution in [2.24, 2.45) is 0 Å². The SMILES string of the molecule is CCCCN(C)Cc1c(O)c(=O)cc(C)n1CCO. The first-order chi connectivity index (χ1) is 9.01. The Labute approximate surface area is 114 Å². The zero-order chi connectivity index (χ0) is 14.4. The summed E-state index contributed by atoms with van der Waals surface area (Å²) in [6.45, 7) is 5.72. The fourth-order valence-corrected chi connectivity index (χ4v) is 2.15. The Morgan fingerprint density at radius 2 is 2.11 bits per heavy atom. The number of aromatic hydroxyl groups is 1. The first-order valence-electron chi connectivity index (χ1n) is 6.73. The minimum Gasteiger partial charge on any atom is -0.503 e. The second-order valence-electron chi connectivity index (χ2n) is 4.91. The standard InChI is InChI=1S/C14H24N2O3/c1-4-5-6-15(3)10-12-14(19)13(18)9-11(2)16(12)7-8-17/h9,17,19H,4-8,10H2,1-3H3. The number of hydrogen-bond donors (Lipinski definition) is 2. The van der Waals surface area contributed by atoms with E-state index in [1.165, 1.54) is 6.07 Å². The topological polar surface area (TPSA) is 65.7 Å². The van der Waals surface area contributed by atoms with Gasteiger partial charge in [0.25, 0.3) is 0 Å². The van der Waals surface area contributed by atoms with E-state index in [0.29, 0.717) is 18.8 Å². The Morgan fingerprint density at radius 3 is 2.68 bits per heavy atom. The van der Waals surface area contributed by atoms with Crippen LogP contribution in [0, 0.1) is 6.92 Å². The van der Waals surface area contributed by atoms with Gasteiger partial charge in [0.1, 0.15) is 0 Å². The molecule has 19 heavy (non-hydrogen) atoms.